The Hall–Kier alpha value is -1.00. The molecule has 0 fully saturated rings. The molecule has 0 aromatic carbocycles. The molecule has 2 aliphatic rings. The van der Waals surface area contributed by atoms with Gasteiger partial charge in [-0.25, -0.2) is 9.97 Å². The Morgan fingerprint density at radius 1 is 0.667 bits per heavy atom. The molecule has 0 saturated carbocycles. The number of aromatic nitrogens is 2. The van der Waals surface area contributed by atoms with Crippen molar-refractivity contribution in [1.29, 1.82) is 0 Å². The van der Waals surface area contributed by atoms with Crippen molar-refractivity contribution in [3.63, 3.8) is 0 Å². The third-order valence-corrected chi connectivity index (χ3v) is 6.70. The molecular formula is C20H24N2S2. The zero-order valence-corrected chi connectivity index (χ0v) is 16.2. The lowest BCUT2D eigenvalue weighted by atomic mass is 9.91. The van der Waals surface area contributed by atoms with E-state index in [1.165, 1.54) is 83.7 Å². The monoisotopic (exact) mass is 356 g/mol. The van der Waals surface area contributed by atoms with E-state index in [0.717, 1.165) is 11.4 Å². The Morgan fingerprint density at radius 3 is 1.50 bits per heavy atom. The maximum atomic E-state index is 4.99. The van der Waals surface area contributed by atoms with Gasteiger partial charge >= 0.3 is 0 Å². The zero-order valence-electron chi connectivity index (χ0n) is 14.5. The Bertz CT molecular complexity index is 671. The van der Waals surface area contributed by atoms with Gasteiger partial charge in [0.1, 0.15) is 0 Å². The van der Waals surface area contributed by atoms with Crippen molar-refractivity contribution in [2.45, 2.75) is 61.4 Å². The van der Waals surface area contributed by atoms with Crippen LogP contribution in [0.15, 0.2) is 22.2 Å². The standard InChI is InChI=1S/C20H24N2S2/c1-23-19-15-9-5-3-7-13(15)11-17(21-19)18-12-14-8-4-6-10-16(14)20(22-18)24-2/h11-12H,3-10H2,1-2H3. The highest BCUT2D eigenvalue weighted by Crippen LogP contribution is 2.35. The molecule has 2 aromatic heterocycles. The van der Waals surface area contributed by atoms with Crippen LogP contribution in [0.3, 0.4) is 0 Å². The predicted molar refractivity (Wildman–Crippen MR) is 104 cm³/mol. The van der Waals surface area contributed by atoms with Crippen molar-refractivity contribution in [3.8, 4) is 11.4 Å². The van der Waals surface area contributed by atoms with E-state index >= 15 is 0 Å². The molecule has 126 valence electrons. The molecule has 0 amide bonds. The van der Waals surface area contributed by atoms with Gasteiger partial charge in [-0.05, 0) is 98.3 Å². The number of rotatable bonds is 3. The molecule has 0 atom stereocenters. The molecule has 0 saturated heterocycles. The van der Waals surface area contributed by atoms with Gasteiger partial charge in [0, 0.05) is 0 Å². The molecule has 2 heterocycles. The molecule has 0 aliphatic heterocycles. The highest BCUT2D eigenvalue weighted by Gasteiger charge is 2.20. The fraction of sp³-hybridized carbons (Fsp3) is 0.500. The van der Waals surface area contributed by atoms with Gasteiger partial charge in [0.2, 0.25) is 0 Å². The van der Waals surface area contributed by atoms with E-state index in [-0.39, 0.29) is 0 Å². The highest BCUT2D eigenvalue weighted by molar-refractivity contribution is 7.98. The second-order valence-corrected chi connectivity index (χ2v) is 8.31. The highest BCUT2D eigenvalue weighted by atomic mass is 32.2. The van der Waals surface area contributed by atoms with E-state index < -0.39 is 0 Å². The maximum absolute atomic E-state index is 4.99. The van der Waals surface area contributed by atoms with Crippen LogP contribution in [0.4, 0.5) is 0 Å². The first-order chi connectivity index (χ1) is 11.8. The van der Waals surface area contributed by atoms with Gasteiger partial charge in [-0.15, -0.1) is 23.5 Å². The lowest BCUT2D eigenvalue weighted by Gasteiger charge is -2.21. The first-order valence-electron chi connectivity index (χ1n) is 8.94. The first-order valence-corrected chi connectivity index (χ1v) is 11.4. The van der Waals surface area contributed by atoms with Gasteiger partial charge in [-0.1, -0.05) is 0 Å². The van der Waals surface area contributed by atoms with Gasteiger partial charge < -0.3 is 0 Å². The van der Waals surface area contributed by atoms with Crippen molar-refractivity contribution in [1.82, 2.24) is 9.97 Å². The molecule has 0 N–H and O–H groups in total. The number of fused-ring (bicyclic) bond motifs is 2. The summed E-state index contributed by atoms with van der Waals surface area (Å²) in [6, 6.07) is 4.63. The van der Waals surface area contributed by atoms with Crippen LogP contribution in [0.5, 0.6) is 0 Å². The zero-order chi connectivity index (χ0) is 16.5. The molecule has 0 radical (unpaired) electrons. The minimum atomic E-state index is 1.07. The summed E-state index contributed by atoms with van der Waals surface area (Å²) in [5, 5.41) is 2.43. The van der Waals surface area contributed by atoms with Crippen molar-refractivity contribution in [2.24, 2.45) is 0 Å². The van der Waals surface area contributed by atoms with Crippen LogP contribution in [0.25, 0.3) is 11.4 Å². The van der Waals surface area contributed by atoms with Crippen LogP contribution in [0.2, 0.25) is 0 Å². The predicted octanol–water partition coefficient (Wildman–Crippen LogP) is 5.35. The summed E-state index contributed by atoms with van der Waals surface area (Å²) < 4.78 is 0. The van der Waals surface area contributed by atoms with Crippen LogP contribution >= 0.6 is 23.5 Å². The normalized spacial score (nSPS) is 16.6. The molecule has 2 nitrogen and oxygen atoms in total. The van der Waals surface area contributed by atoms with E-state index in [2.05, 4.69) is 24.6 Å². The molecule has 4 heteroatoms. The van der Waals surface area contributed by atoms with E-state index in [0.29, 0.717) is 0 Å². The topological polar surface area (TPSA) is 25.8 Å². The van der Waals surface area contributed by atoms with Gasteiger partial charge in [0.25, 0.3) is 0 Å². The third-order valence-electron chi connectivity index (χ3n) is 5.25. The van der Waals surface area contributed by atoms with Crippen molar-refractivity contribution in [2.75, 3.05) is 12.5 Å². The molecule has 0 spiro atoms. The molecule has 0 bridgehead atoms. The fourth-order valence-corrected chi connectivity index (χ4v) is 5.35. The Labute approximate surface area is 153 Å². The van der Waals surface area contributed by atoms with Crippen molar-refractivity contribution in [3.05, 3.63) is 34.4 Å². The lowest BCUT2D eigenvalue weighted by Crippen LogP contribution is -2.09. The largest absolute Gasteiger partial charge is 0.240 e. The van der Waals surface area contributed by atoms with Crippen LogP contribution < -0.4 is 0 Å². The number of hydrogen-bond acceptors (Lipinski definition) is 4. The average molecular weight is 357 g/mol. The minimum absolute atomic E-state index is 1.07. The molecule has 0 unspecified atom stereocenters. The lowest BCUT2D eigenvalue weighted by molar-refractivity contribution is 0.665. The average Bonchev–Trinajstić information content (AvgIpc) is 2.66. The van der Waals surface area contributed by atoms with Gasteiger partial charge in [0.05, 0.1) is 21.4 Å². The van der Waals surface area contributed by atoms with Gasteiger partial charge in [-0.3, -0.25) is 0 Å². The van der Waals surface area contributed by atoms with Crippen molar-refractivity contribution < 1.29 is 0 Å². The van der Waals surface area contributed by atoms with Gasteiger partial charge in [-0.2, -0.15) is 0 Å². The molecular weight excluding hydrogens is 332 g/mol. The van der Waals surface area contributed by atoms with E-state index in [9.17, 15) is 0 Å². The molecule has 4 rings (SSSR count). The second-order valence-electron chi connectivity index (χ2n) is 6.72. The van der Waals surface area contributed by atoms with Crippen LogP contribution in [0.1, 0.15) is 47.9 Å². The number of hydrogen-bond donors (Lipinski definition) is 0. The molecule has 24 heavy (non-hydrogen) atoms. The SMILES string of the molecule is CSc1nc(-c2cc3c(c(SC)n2)CCCC3)cc2c1CCCC2. The number of nitrogens with zero attached hydrogens (tertiary/aromatic N) is 2. The Morgan fingerprint density at radius 2 is 1.08 bits per heavy atom. The van der Waals surface area contributed by atoms with E-state index in [1.54, 1.807) is 23.5 Å². The summed E-state index contributed by atoms with van der Waals surface area (Å²) in [5.74, 6) is 0. The minimum Gasteiger partial charge on any atom is -0.240 e. The number of aryl methyl sites for hydroxylation is 2. The van der Waals surface area contributed by atoms with E-state index in [1.807, 2.05) is 0 Å². The second kappa shape index (κ2) is 7.09. The van der Waals surface area contributed by atoms with Crippen molar-refractivity contribution >= 4 is 23.5 Å². The fourth-order valence-electron chi connectivity index (χ4n) is 4.01. The van der Waals surface area contributed by atoms with E-state index in [4.69, 9.17) is 9.97 Å². The maximum Gasteiger partial charge on any atom is 0.1000 e. The molecule has 2 aliphatic carbocycles. The quantitative estimate of drug-likeness (QED) is 0.693. The Kier molecular flexibility index (Phi) is 4.86. The van der Waals surface area contributed by atoms with Crippen LogP contribution in [-0.4, -0.2) is 22.5 Å². The Balaban J connectivity index is 1.84. The summed E-state index contributed by atoms with van der Waals surface area (Å²) in [4.78, 5) is 9.98. The summed E-state index contributed by atoms with van der Waals surface area (Å²) in [6.07, 6.45) is 14.3. The third kappa shape index (κ3) is 2.99. The van der Waals surface area contributed by atoms with Gasteiger partial charge in [0.15, 0.2) is 0 Å². The number of thioether (sulfide) groups is 2. The smallest absolute Gasteiger partial charge is 0.1000 e. The number of pyridine rings is 2. The summed E-state index contributed by atoms with van der Waals surface area (Å²) in [7, 11) is 0. The van der Waals surface area contributed by atoms with Crippen LogP contribution in [0, 0.1) is 0 Å². The van der Waals surface area contributed by atoms with Crippen LogP contribution in [-0.2, 0) is 25.7 Å². The molecule has 2 aromatic rings. The summed E-state index contributed by atoms with van der Waals surface area (Å²) in [6.45, 7) is 0. The summed E-state index contributed by atoms with van der Waals surface area (Å²) >= 11 is 3.57. The summed E-state index contributed by atoms with van der Waals surface area (Å²) in [5.41, 5.74) is 8.12. The first kappa shape index (κ1) is 16.5.